The average Bonchev–Trinajstić information content (AvgIpc) is 3.44. The van der Waals surface area contributed by atoms with E-state index in [-0.39, 0.29) is 13.2 Å². The lowest BCUT2D eigenvalue weighted by atomic mass is 9.91. The topological polar surface area (TPSA) is 276 Å². The highest BCUT2D eigenvalue weighted by atomic mass is 16.8. The summed E-state index contributed by atoms with van der Waals surface area (Å²) < 4.78 is 47.4. The van der Waals surface area contributed by atoms with Crippen LogP contribution in [0.1, 0.15) is 198 Å². The second-order valence-corrected chi connectivity index (χ2v) is 25.8. The van der Waals surface area contributed by atoms with Crippen molar-refractivity contribution in [1.82, 2.24) is 0 Å². The highest BCUT2D eigenvalue weighted by molar-refractivity contribution is 4.96. The van der Waals surface area contributed by atoms with Gasteiger partial charge in [-0.25, -0.2) is 0 Å². The lowest BCUT2D eigenvalue weighted by molar-refractivity contribution is -0.381. The Morgan fingerprint density at radius 2 is 0.620 bits per heavy atom. The average molecular weight is 1140 g/mol. The van der Waals surface area contributed by atoms with E-state index in [1.807, 2.05) is 0 Å². The third-order valence-electron chi connectivity index (χ3n) is 17.0. The number of aliphatic hydroxyl groups excluding tert-OH is 10. The Morgan fingerprint density at radius 1 is 0.329 bits per heavy atom. The summed E-state index contributed by atoms with van der Waals surface area (Å²) in [6.07, 6.45) is -1.21. The summed E-state index contributed by atoms with van der Waals surface area (Å²) in [6.45, 7) is 22.2. The van der Waals surface area contributed by atoms with Gasteiger partial charge in [-0.1, -0.05) is 185 Å². The summed E-state index contributed by atoms with van der Waals surface area (Å²) in [4.78, 5) is 0. The van der Waals surface area contributed by atoms with Crippen molar-refractivity contribution < 1.29 is 89.0 Å². The molecule has 6 unspecified atom stereocenters. The molecule has 10 N–H and O–H groups in total. The summed E-state index contributed by atoms with van der Waals surface area (Å²) in [5, 5.41) is 107. The lowest BCUT2D eigenvalue weighted by Crippen LogP contribution is -2.66. The van der Waals surface area contributed by atoms with E-state index in [0.29, 0.717) is 36.9 Å². The summed E-state index contributed by atoms with van der Waals surface area (Å²) in [6, 6.07) is 0. The summed E-state index contributed by atoms with van der Waals surface area (Å²) >= 11 is 0. The molecule has 21 atom stereocenters. The van der Waals surface area contributed by atoms with Crippen molar-refractivity contribution in [2.24, 2.45) is 47.3 Å². The Labute approximate surface area is 476 Å². The van der Waals surface area contributed by atoms with E-state index in [1.54, 1.807) is 0 Å². The van der Waals surface area contributed by atoms with E-state index in [2.05, 4.69) is 69.2 Å². The molecule has 0 amide bonds. The molecule has 0 aliphatic carbocycles. The predicted octanol–water partition coefficient (Wildman–Crippen LogP) is 6.78. The SMILES string of the molecule is CC(C)CCCC(C)CCCC(C)CCCC(C)CCOCC(COCCC(C)CCCC(C)CCCC(C)CCCC(C)C)O[C@@H]1O[C@H](CO)[C@@H](O[C@@H]2O[C@H](CO)[C@@H](O[C@@H]3O[C@H](CO)[C@@H](O)[C@H](O)[C@H]3O)[C@H](O)[C@H]2O)[C@H](O)[C@H]1O. The smallest absolute Gasteiger partial charge is 0.187 e. The number of hydrogen-bond donors (Lipinski definition) is 10. The van der Waals surface area contributed by atoms with Crippen molar-refractivity contribution >= 4 is 0 Å². The van der Waals surface area contributed by atoms with Gasteiger partial charge in [0.2, 0.25) is 0 Å². The summed E-state index contributed by atoms with van der Waals surface area (Å²) in [5.41, 5.74) is 0. The minimum Gasteiger partial charge on any atom is -0.394 e. The molecular formula is C61H118O18. The molecule has 18 nitrogen and oxygen atoms in total. The molecule has 79 heavy (non-hydrogen) atoms. The van der Waals surface area contributed by atoms with Crippen LogP contribution in [0.4, 0.5) is 0 Å². The summed E-state index contributed by atoms with van der Waals surface area (Å²) in [7, 11) is 0. The monoisotopic (exact) mass is 1140 g/mol. The van der Waals surface area contributed by atoms with Gasteiger partial charge in [0.1, 0.15) is 79.4 Å². The minimum atomic E-state index is -1.94. The molecule has 0 aromatic heterocycles. The van der Waals surface area contributed by atoms with Gasteiger partial charge in [-0.3, -0.25) is 0 Å². The van der Waals surface area contributed by atoms with E-state index in [4.69, 9.17) is 37.9 Å². The first-order valence-electron chi connectivity index (χ1n) is 31.3. The van der Waals surface area contributed by atoms with Crippen LogP contribution < -0.4 is 0 Å². The molecule has 0 radical (unpaired) electrons. The van der Waals surface area contributed by atoms with Crippen LogP contribution in [-0.4, -0.2) is 196 Å². The Balaban J connectivity index is 1.55. The van der Waals surface area contributed by atoms with Crippen LogP contribution in [0.25, 0.3) is 0 Å². The maximum atomic E-state index is 11.5. The molecule has 470 valence electrons. The highest BCUT2D eigenvalue weighted by Gasteiger charge is 2.54. The van der Waals surface area contributed by atoms with Crippen LogP contribution in [0.3, 0.4) is 0 Å². The van der Waals surface area contributed by atoms with E-state index in [9.17, 15) is 51.1 Å². The Bertz CT molecular complexity index is 1440. The third kappa shape index (κ3) is 27.0. The maximum absolute atomic E-state index is 11.5. The second kappa shape index (κ2) is 39.8. The normalized spacial score (nSPS) is 32.5. The molecule has 0 bridgehead atoms. The first-order chi connectivity index (χ1) is 37.6. The van der Waals surface area contributed by atoms with Crippen LogP contribution >= 0.6 is 0 Å². The summed E-state index contributed by atoms with van der Waals surface area (Å²) in [5.74, 6) is 5.49. The Kier molecular flexibility index (Phi) is 36.6. The van der Waals surface area contributed by atoms with E-state index in [0.717, 1.165) is 49.4 Å². The van der Waals surface area contributed by atoms with Crippen molar-refractivity contribution in [2.45, 2.75) is 296 Å². The molecule has 3 aliphatic heterocycles. The number of ether oxygens (including phenoxy) is 8. The van der Waals surface area contributed by atoms with E-state index < -0.39 is 118 Å². The van der Waals surface area contributed by atoms with Gasteiger partial charge in [-0.2, -0.15) is 0 Å². The zero-order valence-corrected chi connectivity index (χ0v) is 50.7. The highest BCUT2D eigenvalue weighted by Crippen LogP contribution is 2.34. The molecular weight excluding hydrogens is 1020 g/mol. The van der Waals surface area contributed by atoms with Crippen LogP contribution in [0.2, 0.25) is 0 Å². The first-order valence-corrected chi connectivity index (χ1v) is 31.3. The van der Waals surface area contributed by atoms with Gasteiger partial charge < -0.3 is 89.0 Å². The molecule has 3 fully saturated rings. The van der Waals surface area contributed by atoms with Gasteiger partial charge in [0, 0.05) is 13.2 Å². The van der Waals surface area contributed by atoms with E-state index in [1.165, 1.54) is 103 Å². The molecule has 0 saturated carbocycles. The maximum Gasteiger partial charge on any atom is 0.187 e. The number of hydrogen-bond acceptors (Lipinski definition) is 18. The first kappa shape index (κ1) is 72.5. The fourth-order valence-electron chi connectivity index (χ4n) is 11.3. The van der Waals surface area contributed by atoms with Gasteiger partial charge in [0.15, 0.2) is 18.9 Å². The second-order valence-electron chi connectivity index (χ2n) is 25.8. The van der Waals surface area contributed by atoms with Gasteiger partial charge in [-0.05, 0) is 60.2 Å². The van der Waals surface area contributed by atoms with Crippen molar-refractivity contribution in [1.29, 1.82) is 0 Å². The van der Waals surface area contributed by atoms with Gasteiger partial charge in [0.25, 0.3) is 0 Å². The van der Waals surface area contributed by atoms with Crippen LogP contribution in [0.5, 0.6) is 0 Å². The van der Waals surface area contributed by atoms with Crippen LogP contribution in [-0.2, 0) is 37.9 Å². The van der Waals surface area contributed by atoms with Crippen molar-refractivity contribution in [2.75, 3.05) is 46.2 Å². The Morgan fingerprint density at radius 3 is 0.962 bits per heavy atom. The molecule has 0 aromatic rings. The fraction of sp³-hybridized carbons (Fsp3) is 1.00. The Hall–Kier alpha value is -0.720. The molecule has 18 heteroatoms. The molecule has 3 heterocycles. The molecule has 0 aromatic carbocycles. The minimum absolute atomic E-state index is 0.116. The molecule has 3 aliphatic rings. The number of aliphatic hydroxyl groups is 10. The van der Waals surface area contributed by atoms with Crippen LogP contribution in [0, 0.1) is 47.3 Å². The molecule has 0 spiro atoms. The van der Waals surface area contributed by atoms with Crippen molar-refractivity contribution in [3.05, 3.63) is 0 Å². The standard InChI is InChI=1S/C61H118O18/c1-38(2)17-11-19-40(5)21-13-23-42(7)25-15-27-44(9)29-31-72-36-46(37-73-32-30-45(10)28-16-26-43(8)24-14-22-41(6)20-12-18-39(3)4)74-59-55(70)52(67)57(48(34-63)76-59)79-61-56(71)53(68)58(49(35-64)77-61)78-60-54(69)51(66)50(65)47(33-62)75-60/h38-71H,11-37H2,1-10H3/t40?,41?,42?,43?,44?,45?,46?,47-,48-,49-,50-,51+,52-,53-,54-,55-,56-,57-,58-,59-,60+,61+/m1/s1. The number of rotatable bonds is 43. The van der Waals surface area contributed by atoms with Gasteiger partial charge in [0.05, 0.1) is 33.0 Å². The van der Waals surface area contributed by atoms with Crippen molar-refractivity contribution in [3.8, 4) is 0 Å². The molecule has 3 rings (SSSR count). The fourth-order valence-corrected chi connectivity index (χ4v) is 11.3. The third-order valence-corrected chi connectivity index (χ3v) is 17.0. The molecule has 3 saturated heterocycles. The lowest BCUT2D eigenvalue weighted by Gasteiger charge is -2.48. The zero-order valence-electron chi connectivity index (χ0n) is 50.7. The van der Waals surface area contributed by atoms with Gasteiger partial charge in [-0.15, -0.1) is 0 Å². The van der Waals surface area contributed by atoms with Gasteiger partial charge >= 0.3 is 0 Å². The van der Waals surface area contributed by atoms with Crippen LogP contribution in [0.15, 0.2) is 0 Å². The van der Waals surface area contributed by atoms with Crippen molar-refractivity contribution in [3.63, 3.8) is 0 Å². The predicted molar refractivity (Wildman–Crippen MR) is 303 cm³/mol. The largest absolute Gasteiger partial charge is 0.394 e. The van der Waals surface area contributed by atoms with E-state index >= 15 is 0 Å². The zero-order chi connectivity index (χ0) is 58.6. The quantitative estimate of drug-likeness (QED) is 0.0282.